The molecule has 4 heterocycles. The molecule has 2 saturated heterocycles. The summed E-state index contributed by atoms with van der Waals surface area (Å²) in [5.74, 6) is 3.34. The topological polar surface area (TPSA) is 73.0 Å². The molecule has 0 radical (unpaired) electrons. The van der Waals surface area contributed by atoms with Gasteiger partial charge < -0.3 is 15.1 Å². The van der Waals surface area contributed by atoms with Crippen molar-refractivity contribution in [2.45, 2.75) is 37.6 Å². The summed E-state index contributed by atoms with van der Waals surface area (Å²) in [5.41, 5.74) is 1.66. The van der Waals surface area contributed by atoms with Crippen molar-refractivity contribution in [1.29, 1.82) is 0 Å². The van der Waals surface area contributed by atoms with Crippen LogP contribution in [0.5, 0.6) is 0 Å². The van der Waals surface area contributed by atoms with E-state index < -0.39 is 0 Å². The Bertz CT molecular complexity index is 775. The van der Waals surface area contributed by atoms with Crippen LogP contribution in [-0.4, -0.2) is 53.4 Å². The molecular weight excluding hydrogens is 314 g/mol. The van der Waals surface area contributed by atoms with Crippen molar-refractivity contribution in [3.63, 3.8) is 0 Å². The van der Waals surface area contributed by atoms with E-state index in [-0.39, 0.29) is 0 Å². The molecule has 0 spiro atoms. The average molecular weight is 339 g/mol. The lowest BCUT2D eigenvalue weighted by Crippen LogP contribution is -2.41. The van der Waals surface area contributed by atoms with E-state index in [4.69, 9.17) is 4.98 Å². The zero-order valence-corrected chi connectivity index (χ0v) is 14.9. The summed E-state index contributed by atoms with van der Waals surface area (Å²) >= 11 is 0. The summed E-state index contributed by atoms with van der Waals surface area (Å²) in [7, 11) is 4.06. The molecule has 25 heavy (non-hydrogen) atoms. The van der Waals surface area contributed by atoms with Crippen molar-refractivity contribution in [1.82, 2.24) is 25.5 Å². The van der Waals surface area contributed by atoms with Crippen molar-refractivity contribution in [3.05, 3.63) is 24.0 Å². The van der Waals surface area contributed by atoms with Gasteiger partial charge in [-0.15, -0.1) is 0 Å². The van der Waals surface area contributed by atoms with E-state index in [0.717, 1.165) is 30.7 Å². The van der Waals surface area contributed by atoms with Gasteiger partial charge in [0.25, 0.3) is 0 Å². The van der Waals surface area contributed by atoms with Gasteiger partial charge in [-0.25, -0.2) is 4.98 Å². The average Bonchev–Trinajstić information content (AvgIpc) is 3.06. The Morgan fingerprint density at radius 2 is 2.20 bits per heavy atom. The molecule has 7 nitrogen and oxygen atoms in total. The van der Waals surface area contributed by atoms with Gasteiger partial charge in [0, 0.05) is 55.5 Å². The highest BCUT2D eigenvalue weighted by Gasteiger charge is 2.55. The zero-order valence-electron chi connectivity index (χ0n) is 14.9. The number of hydrogen-bond donors (Lipinski definition) is 2. The van der Waals surface area contributed by atoms with Gasteiger partial charge in [-0.1, -0.05) is 0 Å². The number of aromatic amines is 1. The van der Waals surface area contributed by atoms with Crippen molar-refractivity contribution in [3.8, 4) is 0 Å². The van der Waals surface area contributed by atoms with Crippen molar-refractivity contribution in [2.24, 2.45) is 5.41 Å². The first-order chi connectivity index (χ1) is 12.2. The Kier molecular flexibility index (Phi) is 3.28. The van der Waals surface area contributed by atoms with Crippen molar-refractivity contribution in [2.75, 3.05) is 37.0 Å². The highest BCUT2D eigenvalue weighted by atomic mass is 15.4. The first-order valence-corrected chi connectivity index (χ1v) is 9.21. The summed E-state index contributed by atoms with van der Waals surface area (Å²) in [6.45, 7) is 2.14. The van der Waals surface area contributed by atoms with Gasteiger partial charge in [0.2, 0.25) is 5.95 Å². The number of fused-ring (bicyclic) bond motifs is 1. The third-order valence-electron chi connectivity index (χ3n) is 6.01. The molecule has 0 atom stereocenters. The Morgan fingerprint density at radius 1 is 1.36 bits per heavy atom. The van der Waals surface area contributed by atoms with Gasteiger partial charge >= 0.3 is 0 Å². The Morgan fingerprint density at radius 3 is 2.96 bits per heavy atom. The largest absolute Gasteiger partial charge is 0.337 e. The van der Waals surface area contributed by atoms with E-state index in [1.807, 2.05) is 31.3 Å². The van der Waals surface area contributed by atoms with Crippen LogP contribution in [0.25, 0.3) is 0 Å². The van der Waals surface area contributed by atoms with Crippen molar-refractivity contribution >= 4 is 17.6 Å². The molecule has 4 fully saturated rings. The summed E-state index contributed by atoms with van der Waals surface area (Å²) in [4.78, 5) is 13.8. The molecule has 2 bridgehead atoms. The molecule has 2 saturated carbocycles. The molecule has 4 aliphatic rings. The molecular formula is C18H25N7. The number of hydrogen-bond acceptors (Lipinski definition) is 6. The van der Waals surface area contributed by atoms with Crippen LogP contribution in [0.1, 0.15) is 37.3 Å². The minimum atomic E-state index is 0.423. The standard InChI is InChI=1S/C18H25N7/c1-19-10-18-8-13(9-18)25(11-18)17-20-6-5-15(21-17)24(2)16-7-14(22-23-16)12-3-4-12/h5-7,12-13,19H,3-4,8-11H2,1-2H3,(H,22,23). The van der Waals surface area contributed by atoms with E-state index in [1.165, 1.54) is 31.4 Å². The van der Waals surface area contributed by atoms with Gasteiger partial charge in [-0.05, 0) is 38.8 Å². The lowest BCUT2D eigenvalue weighted by atomic mass is 9.70. The van der Waals surface area contributed by atoms with Crippen LogP contribution in [0.4, 0.5) is 17.6 Å². The first-order valence-electron chi connectivity index (χ1n) is 9.21. The maximum absolute atomic E-state index is 4.84. The number of nitrogens with one attached hydrogen (secondary N) is 2. The SMILES string of the molecule is CNCC12CC(C1)N(c1nccc(N(C)c3cc(C4CC4)[nH]n3)n1)C2. The number of nitrogens with zero attached hydrogens (tertiary/aromatic N) is 5. The lowest BCUT2D eigenvalue weighted by Gasteiger charge is -2.36. The maximum atomic E-state index is 4.84. The second kappa shape index (κ2) is 5.42. The van der Waals surface area contributed by atoms with Crippen LogP contribution in [-0.2, 0) is 0 Å². The van der Waals surface area contributed by atoms with Gasteiger partial charge in [0.1, 0.15) is 5.82 Å². The van der Waals surface area contributed by atoms with Gasteiger partial charge in [0.05, 0.1) is 0 Å². The van der Waals surface area contributed by atoms with E-state index in [2.05, 4.69) is 31.5 Å². The molecule has 2 aliphatic carbocycles. The predicted molar refractivity (Wildman–Crippen MR) is 97.4 cm³/mol. The third kappa shape index (κ3) is 2.49. The predicted octanol–water partition coefficient (Wildman–Crippen LogP) is 2.03. The lowest BCUT2D eigenvalue weighted by molar-refractivity contribution is 0.196. The highest BCUT2D eigenvalue weighted by Crippen LogP contribution is 2.52. The normalized spacial score (nSPS) is 27.4. The molecule has 6 rings (SSSR count). The van der Waals surface area contributed by atoms with Crippen LogP contribution in [0, 0.1) is 5.41 Å². The smallest absolute Gasteiger partial charge is 0.227 e. The Labute approximate surface area is 147 Å². The van der Waals surface area contributed by atoms with E-state index in [1.54, 1.807) is 0 Å². The number of H-pyrrole nitrogens is 1. The third-order valence-corrected chi connectivity index (χ3v) is 6.01. The van der Waals surface area contributed by atoms with E-state index in [9.17, 15) is 0 Å². The second-order valence-electron chi connectivity index (χ2n) is 7.95. The molecule has 132 valence electrons. The van der Waals surface area contributed by atoms with E-state index in [0.29, 0.717) is 17.4 Å². The summed E-state index contributed by atoms with van der Waals surface area (Å²) in [6.07, 6.45) is 6.91. The van der Waals surface area contributed by atoms with Crippen LogP contribution >= 0.6 is 0 Å². The monoisotopic (exact) mass is 339 g/mol. The minimum absolute atomic E-state index is 0.423. The van der Waals surface area contributed by atoms with Gasteiger partial charge in [0.15, 0.2) is 5.82 Å². The molecule has 7 heteroatoms. The van der Waals surface area contributed by atoms with Crippen LogP contribution in [0.3, 0.4) is 0 Å². The number of rotatable bonds is 6. The molecule has 0 aromatic carbocycles. The fourth-order valence-corrected chi connectivity index (χ4v) is 4.47. The fourth-order valence-electron chi connectivity index (χ4n) is 4.47. The van der Waals surface area contributed by atoms with Crippen molar-refractivity contribution < 1.29 is 0 Å². The molecule has 2 aromatic heterocycles. The van der Waals surface area contributed by atoms with Gasteiger partial charge in [-0.2, -0.15) is 10.1 Å². The Hall–Kier alpha value is -2.15. The maximum Gasteiger partial charge on any atom is 0.227 e. The molecule has 2 aromatic rings. The second-order valence-corrected chi connectivity index (χ2v) is 7.95. The van der Waals surface area contributed by atoms with E-state index >= 15 is 0 Å². The number of aromatic nitrogens is 4. The summed E-state index contributed by atoms with van der Waals surface area (Å²) in [5, 5.41) is 11.0. The van der Waals surface area contributed by atoms with Gasteiger partial charge in [-0.3, -0.25) is 5.10 Å². The first kappa shape index (κ1) is 15.1. The summed E-state index contributed by atoms with van der Waals surface area (Å²) in [6, 6.07) is 4.70. The molecule has 0 unspecified atom stereocenters. The van der Waals surface area contributed by atoms with Crippen LogP contribution in [0.15, 0.2) is 18.3 Å². The van der Waals surface area contributed by atoms with Crippen LogP contribution < -0.4 is 15.1 Å². The highest BCUT2D eigenvalue weighted by molar-refractivity contribution is 5.57. The quantitative estimate of drug-likeness (QED) is 0.839. The van der Waals surface area contributed by atoms with Crippen LogP contribution in [0.2, 0.25) is 0 Å². The minimum Gasteiger partial charge on any atom is -0.337 e. The molecule has 0 amide bonds. The fraction of sp³-hybridized carbons (Fsp3) is 0.611. The summed E-state index contributed by atoms with van der Waals surface area (Å²) < 4.78 is 0. The Balaban J connectivity index is 1.36. The molecule has 2 aliphatic heterocycles. The zero-order chi connectivity index (χ0) is 17.0. The molecule has 2 N–H and O–H groups in total. The number of anilines is 3.